The fraction of sp³-hybridized carbons (Fsp3) is 0.421. The Morgan fingerprint density at radius 1 is 1.23 bits per heavy atom. The minimum absolute atomic E-state index is 0.00320. The summed E-state index contributed by atoms with van der Waals surface area (Å²) in [7, 11) is 1.62. The van der Waals surface area contributed by atoms with E-state index in [1.54, 1.807) is 25.4 Å². The third-order valence-corrected chi connectivity index (χ3v) is 5.18. The number of aryl methyl sites for hydroxylation is 2. The Hall–Kier alpha value is -3.44. The van der Waals surface area contributed by atoms with Crippen LogP contribution in [-0.4, -0.2) is 48.9 Å². The summed E-state index contributed by atoms with van der Waals surface area (Å²) in [4.78, 5) is 21.7. The second-order valence-corrected chi connectivity index (χ2v) is 7.48. The molecule has 1 aliphatic heterocycles. The number of tetrazole rings is 1. The molecule has 1 aliphatic rings. The van der Waals surface area contributed by atoms with Crippen LogP contribution < -0.4 is 15.8 Å². The van der Waals surface area contributed by atoms with Gasteiger partial charge in [0.15, 0.2) is 0 Å². The SMILES string of the molecule is Cc1cnc(Nc2nnn(C)n2)cc1-c1cc(N2CCCC[C@@H]2C(F)(F)F)[nH]c(=O)c1. The van der Waals surface area contributed by atoms with Gasteiger partial charge in [0.25, 0.3) is 5.95 Å². The van der Waals surface area contributed by atoms with Crippen LogP contribution >= 0.6 is 0 Å². The Bertz CT molecular complexity index is 1140. The minimum atomic E-state index is -4.37. The van der Waals surface area contributed by atoms with Gasteiger partial charge in [0, 0.05) is 18.8 Å². The molecule has 1 fully saturated rings. The van der Waals surface area contributed by atoms with Crippen LogP contribution in [0.3, 0.4) is 0 Å². The number of nitrogens with zero attached hydrogens (tertiary/aromatic N) is 6. The molecule has 12 heteroatoms. The van der Waals surface area contributed by atoms with Gasteiger partial charge in [0.05, 0.1) is 7.05 Å². The van der Waals surface area contributed by atoms with Crippen LogP contribution in [0.4, 0.5) is 30.8 Å². The fourth-order valence-electron chi connectivity index (χ4n) is 3.75. The smallest absolute Gasteiger partial charge is 0.346 e. The summed E-state index contributed by atoms with van der Waals surface area (Å²) in [5.74, 6) is 0.824. The number of H-pyrrole nitrogens is 1. The van der Waals surface area contributed by atoms with E-state index in [-0.39, 0.29) is 24.7 Å². The van der Waals surface area contributed by atoms with Crippen molar-refractivity contribution in [1.82, 2.24) is 30.2 Å². The topological polar surface area (TPSA) is 105 Å². The van der Waals surface area contributed by atoms with E-state index in [0.717, 1.165) is 5.56 Å². The van der Waals surface area contributed by atoms with Crippen LogP contribution in [0.2, 0.25) is 0 Å². The van der Waals surface area contributed by atoms with Gasteiger partial charge in [-0.2, -0.15) is 18.0 Å². The molecule has 4 rings (SSSR count). The van der Waals surface area contributed by atoms with E-state index >= 15 is 0 Å². The van der Waals surface area contributed by atoms with Gasteiger partial charge in [0.1, 0.15) is 17.7 Å². The standard InChI is InChI=1S/C19H21F3N8O/c1-11-10-23-15(24-18-26-28-29(2)27-18)9-13(11)12-7-16(25-17(31)8-12)30-6-4-3-5-14(30)19(20,21)22/h7-10,14H,3-6H2,1-2H3,(H,25,31)(H,23,24,27)/t14-/m1/s1. The Morgan fingerprint density at radius 3 is 2.74 bits per heavy atom. The second-order valence-electron chi connectivity index (χ2n) is 7.48. The lowest BCUT2D eigenvalue weighted by molar-refractivity contribution is -0.152. The highest BCUT2D eigenvalue weighted by atomic mass is 19.4. The Kier molecular flexibility index (Phi) is 5.38. The summed E-state index contributed by atoms with van der Waals surface area (Å²) < 4.78 is 40.7. The molecule has 0 radical (unpaired) electrons. The van der Waals surface area contributed by atoms with Gasteiger partial charge < -0.3 is 15.2 Å². The van der Waals surface area contributed by atoms with Crippen molar-refractivity contribution in [2.45, 2.75) is 38.4 Å². The number of anilines is 3. The van der Waals surface area contributed by atoms with Crippen molar-refractivity contribution in [3.8, 4) is 11.1 Å². The van der Waals surface area contributed by atoms with E-state index in [2.05, 4.69) is 30.7 Å². The number of alkyl halides is 3. The first-order valence-corrected chi connectivity index (χ1v) is 9.76. The molecule has 31 heavy (non-hydrogen) atoms. The molecule has 0 aromatic carbocycles. The third-order valence-electron chi connectivity index (χ3n) is 5.18. The molecule has 9 nitrogen and oxygen atoms in total. The average molecular weight is 434 g/mol. The van der Waals surface area contributed by atoms with Crippen molar-refractivity contribution in [3.05, 3.63) is 40.3 Å². The monoisotopic (exact) mass is 434 g/mol. The van der Waals surface area contributed by atoms with Crippen molar-refractivity contribution in [1.29, 1.82) is 0 Å². The first-order chi connectivity index (χ1) is 14.7. The van der Waals surface area contributed by atoms with E-state index in [1.165, 1.54) is 15.8 Å². The van der Waals surface area contributed by atoms with Crippen molar-refractivity contribution < 1.29 is 13.2 Å². The number of pyridine rings is 2. The van der Waals surface area contributed by atoms with Gasteiger partial charge >= 0.3 is 6.18 Å². The van der Waals surface area contributed by atoms with Crippen LogP contribution in [-0.2, 0) is 7.05 Å². The lowest BCUT2D eigenvalue weighted by atomic mass is 10.00. The fourth-order valence-corrected chi connectivity index (χ4v) is 3.75. The zero-order valence-electron chi connectivity index (χ0n) is 16.9. The first kappa shape index (κ1) is 20.8. The number of piperidine rings is 1. The van der Waals surface area contributed by atoms with E-state index < -0.39 is 17.8 Å². The van der Waals surface area contributed by atoms with Crippen LogP contribution in [0.15, 0.2) is 29.2 Å². The molecule has 0 saturated carbocycles. The number of aromatic amines is 1. The first-order valence-electron chi connectivity index (χ1n) is 9.76. The lowest BCUT2D eigenvalue weighted by Gasteiger charge is -2.38. The number of rotatable bonds is 4. The van der Waals surface area contributed by atoms with Gasteiger partial charge in [-0.15, -0.1) is 5.10 Å². The van der Waals surface area contributed by atoms with E-state index in [0.29, 0.717) is 29.8 Å². The van der Waals surface area contributed by atoms with Gasteiger partial charge in [0.2, 0.25) is 5.56 Å². The summed E-state index contributed by atoms with van der Waals surface area (Å²) >= 11 is 0. The highest BCUT2D eigenvalue weighted by Crippen LogP contribution is 2.35. The van der Waals surface area contributed by atoms with Crippen LogP contribution in [0.25, 0.3) is 11.1 Å². The number of hydrogen-bond donors (Lipinski definition) is 2. The molecule has 0 unspecified atom stereocenters. The van der Waals surface area contributed by atoms with Crippen LogP contribution in [0, 0.1) is 6.92 Å². The van der Waals surface area contributed by atoms with Crippen molar-refractivity contribution in [2.24, 2.45) is 7.05 Å². The lowest BCUT2D eigenvalue weighted by Crippen LogP contribution is -2.49. The minimum Gasteiger partial charge on any atom is -0.346 e. The maximum absolute atomic E-state index is 13.6. The second kappa shape index (κ2) is 8.00. The third kappa shape index (κ3) is 4.52. The molecule has 3 aromatic rings. The van der Waals surface area contributed by atoms with Gasteiger partial charge in [-0.1, -0.05) is 5.10 Å². The maximum Gasteiger partial charge on any atom is 0.408 e. The molecule has 0 aliphatic carbocycles. The maximum atomic E-state index is 13.6. The molecular weight excluding hydrogens is 413 g/mol. The molecule has 3 aromatic heterocycles. The van der Waals surface area contributed by atoms with Crippen LogP contribution in [0.1, 0.15) is 24.8 Å². The normalized spacial score (nSPS) is 17.1. The van der Waals surface area contributed by atoms with Gasteiger partial charge in [-0.05, 0) is 60.2 Å². The van der Waals surface area contributed by atoms with Crippen LogP contribution in [0.5, 0.6) is 0 Å². The molecule has 164 valence electrons. The van der Waals surface area contributed by atoms with Crippen molar-refractivity contribution in [3.63, 3.8) is 0 Å². The summed E-state index contributed by atoms with van der Waals surface area (Å²) in [5.41, 5.74) is 1.45. The Balaban J connectivity index is 1.71. The molecule has 2 N–H and O–H groups in total. The summed E-state index contributed by atoms with van der Waals surface area (Å²) in [5, 5.41) is 14.5. The van der Waals surface area contributed by atoms with Gasteiger partial charge in [-0.3, -0.25) is 4.79 Å². The quantitative estimate of drug-likeness (QED) is 0.651. The van der Waals surface area contributed by atoms with Crippen molar-refractivity contribution >= 4 is 17.6 Å². The van der Waals surface area contributed by atoms with E-state index in [9.17, 15) is 18.0 Å². The predicted molar refractivity (Wildman–Crippen MR) is 108 cm³/mol. The number of aromatic nitrogens is 6. The largest absolute Gasteiger partial charge is 0.408 e. The summed E-state index contributed by atoms with van der Waals surface area (Å²) in [6.45, 7) is 2.04. The summed E-state index contributed by atoms with van der Waals surface area (Å²) in [6.07, 6.45) is -1.63. The molecule has 0 bridgehead atoms. The molecular formula is C19H21F3N8O. The number of hydrogen-bond acceptors (Lipinski definition) is 7. The molecule has 0 spiro atoms. The summed E-state index contributed by atoms with van der Waals surface area (Å²) in [6, 6.07) is 3.02. The molecule has 4 heterocycles. The number of halogens is 3. The van der Waals surface area contributed by atoms with E-state index in [1.807, 2.05) is 6.92 Å². The molecule has 1 atom stereocenters. The average Bonchev–Trinajstić information content (AvgIpc) is 3.13. The molecule has 1 saturated heterocycles. The highest BCUT2D eigenvalue weighted by Gasteiger charge is 2.45. The number of nitrogens with one attached hydrogen (secondary N) is 2. The van der Waals surface area contributed by atoms with Gasteiger partial charge in [-0.25, -0.2) is 4.98 Å². The zero-order valence-corrected chi connectivity index (χ0v) is 16.9. The molecule has 0 amide bonds. The Morgan fingerprint density at radius 2 is 2.03 bits per heavy atom. The Labute approximate surface area is 175 Å². The van der Waals surface area contributed by atoms with E-state index in [4.69, 9.17) is 0 Å². The predicted octanol–water partition coefficient (Wildman–Crippen LogP) is 2.93. The van der Waals surface area contributed by atoms with Crippen molar-refractivity contribution in [2.75, 3.05) is 16.8 Å². The zero-order chi connectivity index (χ0) is 22.2. The highest BCUT2D eigenvalue weighted by molar-refractivity contribution is 5.72.